The van der Waals surface area contributed by atoms with Crippen LogP contribution in [0.1, 0.15) is 33.1 Å². The van der Waals surface area contributed by atoms with E-state index in [1.54, 1.807) is 7.05 Å². The summed E-state index contributed by atoms with van der Waals surface area (Å²) >= 11 is 0. The zero-order chi connectivity index (χ0) is 12.5. The van der Waals surface area contributed by atoms with Crippen LogP contribution in [0, 0.1) is 11.8 Å². The maximum absolute atomic E-state index is 5.57. The number of hydrogen-bond acceptors (Lipinski definition) is 2. The van der Waals surface area contributed by atoms with Gasteiger partial charge in [0.2, 0.25) is 0 Å². The number of nitrogens with one attached hydrogen (secondary N) is 2. The molecule has 0 unspecified atom stereocenters. The summed E-state index contributed by atoms with van der Waals surface area (Å²) in [6, 6.07) is 0. The molecule has 0 heterocycles. The molecule has 17 heavy (non-hydrogen) atoms. The number of ether oxygens (including phenoxy) is 1. The van der Waals surface area contributed by atoms with Crippen LogP contribution in [0.15, 0.2) is 4.99 Å². The highest BCUT2D eigenvalue weighted by molar-refractivity contribution is 5.79. The Morgan fingerprint density at radius 2 is 2.12 bits per heavy atom. The fraction of sp³-hybridized carbons (Fsp3) is 0.923. The fourth-order valence-corrected chi connectivity index (χ4v) is 1.44. The van der Waals surface area contributed by atoms with Gasteiger partial charge in [-0.3, -0.25) is 4.99 Å². The second-order valence-corrected chi connectivity index (χ2v) is 5.15. The summed E-state index contributed by atoms with van der Waals surface area (Å²) in [5.74, 6) is 2.39. The van der Waals surface area contributed by atoms with Gasteiger partial charge in [0.25, 0.3) is 0 Å². The summed E-state index contributed by atoms with van der Waals surface area (Å²) in [5.41, 5.74) is 0. The van der Waals surface area contributed by atoms with Crippen molar-refractivity contribution >= 4 is 5.96 Å². The molecule has 0 saturated heterocycles. The first-order valence-electron chi connectivity index (χ1n) is 6.74. The van der Waals surface area contributed by atoms with E-state index < -0.39 is 0 Å². The molecule has 0 aromatic rings. The minimum Gasteiger partial charge on any atom is -0.381 e. The van der Waals surface area contributed by atoms with Gasteiger partial charge in [-0.15, -0.1) is 0 Å². The van der Waals surface area contributed by atoms with Crippen LogP contribution in [-0.4, -0.2) is 39.3 Å². The van der Waals surface area contributed by atoms with Crippen molar-refractivity contribution in [2.75, 3.05) is 33.4 Å². The molecule has 1 saturated carbocycles. The lowest BCUT2D eigenvalue weighted by Crippen LogP contribution is -2.39. The summed E-state index contributed by atoms with van der Waals surface area (Å²) in [6.45, 7) is 8.06. The quantitative estimate of drug-likeness (QED) is 0.386. The Morgan fingerprint density at radius 1 is 1.35 bits per heavy atom. The molecule has 0 aromatic carbocycles. The van der Waals surface area contributed by atoms with E-state index in [9.17, 15) is 0 Å². The topological polar surface area (TPSA) is 45.7 Å². The van der Waals surface area contributed by atoms with Crippen LogP contribution < -0.4 is 10.6 Å². The van der Waals surface area contributed by atoms with Crippen molar-refractivity contribution in [2.24, 2.45) is 16.8 Å². The normalized spacial score (nSPS) is 16.4. The molecule has 1 aliphatic rings. The van der Waals surface area contributed by atoms with Crippen LogP contribution in [0.5, 0.6) is 0 Å². The third-order valence-electron chi connectivity index (χ3n) is 2.71. The molecule has 1 rings (SSSR count). The number of guanidine groups is 1. The Kier molecular flexibility index (Phi) is 7.01. The van der Waals surface area contributed by atoms with Gasteiger partial charge in [0.05, 0.1) is 0 Å². The SMILES string of the molecule is CN=C(NCCCOCC1CC1)NCC(C)C. The Balaban J connectivity index is 1.91. The van der Waals surface area contributed by atoms with Gasteiger partial charge in [0.1, 0.15) is 0 Å². The van der Waals surface area contributed by atoms with Gasteiger partial charge in [-0.25, -0.2) is 0 Å². The third kappa shape index (κ3) is 8.02. The van der Waals surface area contributed by atoms with E-state index in [2.05, 4.69) is 29.5 Å². The van der Waals surface area contributed by atoms with Crippen molar-refractivity contribution in [1.82, 2.24) is 10.6 Å². The van der Waals surface area contributed by atoms with Gasteiger partial charge in [0.15, 0.2) is 5.96 Å². The molecular formula is C13H27N3O. The van der Waals surface area contributed by atoms with Crippen LogP contribution >= 0.6 is 0 Å². The summed E-state index contributed by atoms with van der Waals surface area (Å²) in [7, 11) is 1.80. The molecule has 0 spiro atoms. The Hall–Kier alpha value is -0.770. The van der Waals surface area contributed by atoms with Gasteiger partial charge < -0.3 is 15.4 Å². The monoisotopic (exact) mass is 241 g/mol. The van der Waals surface area contributed by atoms with Crippen LogP contribution in [0.25, 0.3) is 0 Å². The summed E-state index contributed by atoms with van der Waals surface area (Å²) in [4.78, 5) is 4.17. The molecule has 4 nitrogen and oxygen atoms in total. The zero-order valence-electron chi connectivity index (χ0n) is 11.5. The number of aliphatic imine (C=N–C) groups is 1. The Morgan fingerprint density at radius 3 is 2.71 bits per heavy atom. The minimum atomic E-state index is 0.635. The number of rotatable bonds is 8. The van der Waals surface area contributed by atoms with Crippen LogP contribution in [0.2, 0.25) is 0 Å². The molecule has 0 aromatic heterocycles. The van der Waals surface area contributed by atoms with Gasteiger partial charge in [-0.2, -0.15) is 0 Å². The minimum absolute atomic E-state index is 0.635. The standard InChI is InChI=1S/C13H27N3O/c1-11(2)9-16-13(14-3)15-7-4-8-17-10-12-5-6-12/h11-12H,4-10H2,1-3H3,(H2,14,15,16). The molecule has 1 fully saturated rings. The van der Waals surface area contributed by atoms with E-state index in [-0.39, 0.29) is 0 Å². The Bertz CT molecular complexity index is 225. The summed E-state index contributed by atoms with van der Waals surface area (Å²) < 4.78 is 5.57. The highest BCUT2D eigenvalue weighted by Crippen LogP contribution is 2.28. The number of nitrogens with zero attached hydrogens (tertiary/aromatic N) is 1. The van der Waals surface area contributed by atoms with E-state index in [0.717, 1.165) is 44.6 Å². The van der Waals surface area contributed by atoms with Crippen molar-refractivity contribution in [3.05, 3.63) is 0 Å². The van der Waals surface area contributed by atoms with E-state index in [1.807, 2.05) is 0 Å². The maximum atomic E-state index is 5.57. The van der Waals surface area contributed by atoms with Crippen molar-refractivity contribution < 1.29 is 4.74 Å². The molecule has 0 amide bonds. The maximum Gasteiger partial charge on any atom is 0.190 e. The third-order valence-corrected chi connectivity index (χ3v) is 2.71. The molecule has 0 radical (unpaired) electrons. The second kappa shape index (κ2) is 8.34. The first-order valence-corrected chi connectivity index (χ1v) is 6.74. The van der Waals surface area contributed by atoms with E-state index >= 15 is 0 Å². The lowest BCUT2D eigenvalue weighted by atomic mass is 10.2. The van der Waals surface area contributed by atoms with Gasteiger partial charge >= 0.3 is 0 Å². The number of hydrogen-bond donors (Lipinski definition) is 2. The molecule has 0 atom stereocenters. The highest BCUT2D eigenvalue weighted by atomic mass is 16.5. The summed E-state index contributed by atoms with van der Waals surface area (Å²) in [5, 5.41) is 6.57. The smallest absolute Gasteiger partial charge is 0.190 e. The van der Waals surface area contributed by atoms with Gasteiger partial charge in [0, 0.05) is 33.4 Å². The van der Waals surface area contributed by atoms with E-state index in [0.29, 0.717) is 5.92 Å². The lowest BCUT2D eigenvalue weighted by Gasteiger charge is -2.13. The molecule has 4 heteroatoms. The predicted octanol–water partition coefficient (Wildman–Crippen LogP) is 1.62. The van der Waals surface area contributed by atoms with E-state index in [4.69, 9.17) is 4.74 Å². The predicted molar refractivity (Wildman–Crippen MR) is 72.4 cm³/mol. The largest absolute Gasteiger partial charge is 0.381 e. The molecule has 100 valence electrons. The highest BCUT2D eigenvalue weighted by Gasteiger charge is 2.20. The molecule has 2 N–H and O–H groups in total. The molecule has 0 aliphatic heterocycles. The van der Waals surface area contributed by atoms with Crippen LogP contribution in [-0.2, 0) is 4.74 Å². The van der Waals surface area contributed by atoms with Crippen molar-refractivity contribution in [3.63, 3.8) is 0 Å². The molecule has 1 aliphatic carbocycles. The van der Waals surface area contributed by atoms with Crippen molar-refractivity contribution in [1.29, 1.82) is 0 Å². The fourth-order valence-electron chi connectivity index (χ4n) is 1.44. The second-order valence-electron chi connectivity index (χ2n) is 5.15. The molecule has 0 bridgehead atoms. The van der Waals surface area contributed by atoms with Crippen LogP contribution in [0.4, 0.5) is 0 Å². The lowest BCUT2D eigenvalue weighted by molar-refractivity contribution is 0.123. The summed E-state index contributed by atoms with van der Waals surface area (Å²) in [6.07, 6.45) is 3.77. The average Bonchev–Trinajstić information content (AvgIpc) is 3.10. The first kappa shape index (κ1) is 14.3. The zero-order valence-corrected chi connectivity index (χ0v) is 11.5. The average molecular weight is 241 g/mol. The Labute approximate surface area is 105 Å². The van der Waals surface area contributed by atoms with Crippen molar-refractivity contribution in [2.45, 2.75) is 33.1 Å². The first-order chi connectivity index (χ1) is 8.22. The van der Waals surface area contributed by atoms with Gasteiger partial charge in [-0.1, -0.05) is 13.8 Å². The van der Waals surface area contributed by atoms with E-state index in [1.165, 1.54) is 12.8 Å². The van der Waals surface area contributed by atoms with Gasteiger partial charge in [-0.05, 0) is 31.1 Å². The van der Waals surface area contributed by atoms with Crippen LogP contribution in [0.3, 0.4) is 0 Å². The molecular weight excluding hydrogens is 214 g/mol. The van der Waals surface area contributed by atoms with Crippen molar-refractivity contribution in [3.8, 4) is 0 Å².